The molecule has 2 fully saturated rings. The number of hydrogen-bond donors (Lipinski definition) is 1. The Morgan fingerprint density at radius 2 is 1.79 bits per heavy atom. The quantitative estimate of drug-likeness (QED) is 0.916. The van der Waals surface area contributed by atoms with E-state index in [4.69, 9.17) is 0 Å². The van der Waals surface area contributed by atoms with Gasteiger partial charge < -0.3 is 14.8 Å². The first kappa shape index (κ1) is 15.2. The van der Waals surface area contributed by atoms with Crippen LogP contribution in [0.15, 0.2) is 24.4 Å². The van der Waals surface area contributed by atoms with Crippen molar-refractivity contribution in [2.45, 2.75) is 25.2 Å². The lowest BCUT2D eigenvalue weighted by atomic mass is 9.93. The minimum Gasteiger partial charge on any atom is -0.361 e. The molecule has 0 spiro atoms. The number of benzene rings is 1. The number of piperazine rings is 1. The van der Waals surface area contributed by atoms with Gasteiger partial charge in [0.05, 0.1) is 5.41 Å². The first-order valence-corrected chi connectivity index (χ1v) is 8.33. The van der Waals surface area contributed by atoms with E-state index in [1.165, 1.54) is 12.1 Å². The largest absolute Gasteiger partial charge is 0.361 e. The van der Waals surface area contributed by atoms with Crippen LogP contribution in [-0.2, 0) is 15.0 Å². The Labute approximate surface area is 139 Å². The van der Waals surface area contributed by atoms with Crippen molar-refractivity contribution in [3.63, 3.8) is 0 Å². The zero-order valence-corrected chi connectivity index (χ0v) is 13.6. The van der Waals surface area contributed by atoms with Crippen LogP contribution in [0.1, 0.15) is 25.3 Å². The fraction of sp³-hybridized carbons (Fsp3) is 0.444. The van der Waals surface area contributed by atoms with Crippen LogP contribution >= 0.6 is 0 Å². The number of rotatable bonds is 2. The molecule has 0 atom stereocenters. The van der Waals surface area contributed by atoms with Crippen LogP contribution in [0.2, 0.25) is 0 Å². The standard InChI is InChI=1S/C18H20FN3O2/c1-12(23)21-6-8-22(9-7-21)17(24)18(4-5-18)15-11-20-16-3-2-13(19)10-14(15)16/h2-3,10-11,20H,4-9H2,1H3. The maximum atomic E-state index is 13.6. The van der Waals surface area contributed by atoms with Crippen molar-refractivity contribution in [1.82, 2.24) is 14.8 Å². The number of nitrogens with one attached hydrogen (secondary N) is 1. The molecular formula is C18H20FN3O2. The van der Waals surface area contributed by atoms with Crippen LogP contribution in [0, 0.1) is 5.82 Å². The van der Waals surface area contributed by atoms with Crippen molar-refractivity contribution < 1.29 is 14.0 Å². The molecule has 4 rings (SSSR count). The Morgan fingerprint density at radius 1 is 1.12 bits per heavy atom. The summed E-state index contributed by atoms with van der Waals surface area (Å²) in [5.41, 5.74) is 1.23. The highest BCUT2D eigenvalue weighted by atomic mass is 19.1. The van der Waals surface area contributed by atoms with E-state index >= 15 is 0 Å². The van der Waals surface area contributed by atoms with Gasteiger partial charge in [-0.2, -0.15) is 0 Å². The van der Waals surface area contributed by atoms with E-state index in [2.05, 4.69) is 4.98 Å². The third-order valence-corrected chi connectivity index (χ3v) is 5.33. The first-order valence-electron chi connectivity index (χ1n) is 8.33. The van der Waals surface area contributed by atoms with Crippen molar-refractivity contribution >= 4 is 22.7 Å². The third-order valence-electron chi connectivity index (χ3n) is 5.33. The summed E-state index contributed by atoms with van der Waals surface area (Å²) in [7, 11) is 0. The third kappa shape index (κ3) is 2.28. The highest BCUT2D eigenvalue weighted by molar-refractivity contribution is 5.97. The van der Waals surface area contributed by atoms with Gasteiger partial charge in [-0.05, 0) is 36.6 Å². The number of amides is 2. The summed E-state index contributed by atoms with van der Waals surface area (Å²) in [4.78, 5) is 31.3. The molecule has 2 heterocycles. The topological polar surface area (TPSA) is 56.4 Å². The van der Waals surface area contributed by atoms with E-state index in [0.717, 1.165) is 29.3 Å². The lowest BCUT2D eigenvalue weighted by molar-refractivity contribution is -0.140. The molecule has 2 aromatic rings. The van der Waals surface area contributed by atoms with Gasteiger partial charge in [0.15, 0.2) is 0 Å². The van der Waals surface area contributed by atoms with Crippen LogP contribution in [0.3, 0.4) is 0 Å². The first-order chi connectivity index (χ1) is 11.5. The maximum absolute atomic E-state index is 13.6. The van der Waals surface area contributed by atoms with Crippen molar-refractivity contribution in [2.75, 3.05) is 26.2 Å². The molecule has 1 saturated carbocycles. The molecule has 24 heavy (non-hydrogen) atoms. The van der Waals surface area contributed by atoms with Crippen molar-refractivity contribution in [3.05, 3.63) is 35.8 Å². The average Bonchev–Trinajstić information content (AvgIpc) is 3.28. The molecule has 126 valence electrons. The zero-order valence-electron chi connectivity index (χ0n) is 13.6. The molecule has 6 heteroatoms. The van der Waals surface area contributed by atoms with Crippen LogP contribution < -0.4 is 0 Å². The molecule has 5 nitrogen and oxygen atoms in total. The summed E-state index contributed by atoms with van der Waals surface area (Å²) in [6.45, 7) is 3.85. The van der Waals surface area contributed by atoms with Gasteiger partial charge >= 0.3 is 0 Å². The summed E-state index contributed by atoms with van der Waals surface area (Å²) in [6, 6.07) is 4.63. The van der Waals surface area contributed by atoms with E-state index in [0.29, 0.717) is 26.2 Å². The van der Waals surface area contributed by atoms with E-state index in [1.54, 1.807) is 17.9 Å². The molecular weight excluding hydrogens is 309 g/mol. The summed E-state index contributed by atoms with van der Waals surface area (Å²) in [5.74, 6) is -0.132. The van der Waals surface area contributed by atoms with Gasteiger partial charge in [0.1, 0.15) is 5.82 Å². The van der Waals surface area contributed by atoms with Crippen LogP contribution in [0.4, 0.5) is 4.39 Å². The molecule has 1 N–H and O–H groups in total. The number of H-pyrrole nitrogens is 1. The number of carbonyl (C=O) groups is 2. The second-order valence-electron chi connectivity index (χ2n) is 6.77. The van der Waals surface area contributed by atoms with Crippen LogP contribution in [-0.4, -0.2) is 52.8 Å². The van der Waals surface area contributed by atoms with Crippen molar-refractivity contribution in [3.8, 4) is 0 Å². The van der Waals surface area contributed by atoms with Crippen molar-refractivity contribution in [1.29, 1.82) is 0 Å². The molecule has 2 aliphatic rings. The predicted molar refractivity (Wildman–Crippen MR) is 88.0 cm³/mol. The predicted octanol–water partition coefficient (Wildman–Crippen LogP) is 2.03. The SMILES string of the molecule is CC(=O)N1CCN(C(=O)C2(c3c[nH]c4ccc(F)cc34)CC2)CC1. The molecule has 0 radical (unpaired) electrons. The number of carbonyl (C=O) groups excluding carboxylic acids is 2. The Hall–Kier alpha value is -2.37. The second kappa shape index (κ2) is 5.33. The number of aromatic amines is 1. The normalized spacial score (nSPS) is 19.6. The minimum absolute atomic E-state index is 0.0512. The number of aromatic nitrogens is 1. The fourth-order valence-electron chi connectivity index (χ4n) is 3.74. The molecule has 1 aromatic carbocycles. The summed E-state index contributed by atoms with van der Waals surface area (Å²) >= 11 is 0. The second-order valence-corrected chi connectivity index (χ2v) is 6.77. The summed E-state index contributed by atoms with van der Waals surface area (Å²) in [5, 5.41) is 0.795. The van der Waals surface area contributed by atoms with Gasteiger partial charge in [-0.15, -0.1) is 0 Å². The molecule has 0 bridgehead atoms. The molecule has 1 saturated heterocycles. The van der Waals surface area contributed by atoms with Gasteiger partial charge in [-0.3, -0.25) is 9.59 Å². The van der Waals surface area contributed by atoms with Crippen LogP contribution in [0.5, 0.6) is 0 Å². The molecule has 0 unspecified atom stereocenters. The number of fused-ring (bicyclic) bond motifs is 1. The van der Waals surface area contributed by atoms with E-state index in [-0.39, 0.29) is 17.6 Å². The van der Waals surface area contributed by atoms with Crippen molar-refractivity contribution in [2.24, 2.45) is 0 Å². The molecule has 2 amide bonds. The zero-order chi connectivity index (χ0) is 16.9. The summed E-state index contributed by atoms with van der Waals surface area (Å²) in [6.07, 6.45) is 3.44. The Morgan fingerprint density at radius 3 is 2.42 bits per heavy atom. The Balaban J connectivity index is 1.60. The smallest absolute Gasteiger partial charge is 0.233 e. The Kier molecular flexibility index (Phi) is 3.37. The van der Waals surface area contributed by atoms with E-state index in [1.807, 2.05) is 11.1 Å². The van der Waals surface area contributed by atoms with Gasteiger partial charge in [0, 0.05) is 50.2 Å². The lowest BCUT2D eigenvalue weighted by Crippen LogP contribution is -2.52. The number of hydrogen-bond acceptors (Lipinski definition) is 2. The molecule has 1 aromatic heterocycles. The Bertz CT molecular complexity index is 817. The molecule has 1 aliphatic heterocycles. The van der Waals surface area contributed by atoms with Gasteiger partial charge in [0.2, 0.25) is 11.8 Å². The highest BCUT2D eigenvalue weighted by Crippen LogP contribution is 2.51. The van der Waals surface area contributed by atoms with Crippen LogP contribution in [0.25, 0.3) is 10.9 Å². The fourth-order valence-corrected chi connectivity index (χ4v) is 3.74. The minimum atomic E-state index is -0.523. The maximum Gasteiger partial charge on any atom is 0.233 e. The average molecular weight is 329 g/mol. The van der Waals surface area contributed by atoms with E-state index in [9.17, 15) is 14.0 Å². The van der Waals surface area contributed by atoms with Gasteiger partial charge in [-0.25, -0.2) is 4.39 Å². The lowest BCUT2D eigenvalue weighted by Gasteiger charge is -2.36. The number of nitrogens with zero attached hydrogens (tertiary/aromatic N) is 2. The van der Waals surface area contributed by atoms with E-state index < -0.39 is 5.41 Å². The highest BCUT2D eigenvalue weighted by Gasteiger charge is 2.54. The monoisotopic (exact) mass is 329 g/mol. The summed E-state index contributed by atoms with van der Waals surface area (Å²) < 4.78 is 13.6. The molecule has 1 aliphatic carbocycles. The number of halogens is 1. The van der Waals surface area contributed by atoms with Gasteiger partial charge in [-0.1, -0.05) is 0 Å². The van der Waals surface area contributed by atoms with Gasteiger partial charge in [0.25, 0.3) is 0 Å².